The third kappa shape index (κ3) is 4.71. The average Bonchev–Trinajstić information content (AvgIpc) is 3.09. The SMILES string of the molecule is COc1ccc(NC(=O)CN(C)C(=O)[C@@H]2CC(=O)N(c3ccccc3F)C2)cc1. The van der Waals surface area contributed by atoms with Gasteiger partial charge < -0.3 is 19.9 Å². The maximum absolute atomic E-state index is 14.0. The van der Waals surface area contributed by atoms with E-state index in [0.717, 1.165) is 0 Å². The highest BCUT2D eigenvalue weighted by molar-refractivity contribution is 6.01. The molecular weight excluding hydrogens is 377 g/mol. The van der Waals surface area contributed by atoms with E-state index in [1.165, 1.54) is 35.0 Å². The van der Waals surface area contributed by atoms with E-state index in [0.29, 0.717) is 11.4 Å². The molecule has 1 aliphatic rings. The highest BCUT2D eigenvalue weighted by Gasteiger charge is 2.37. The second-order valence-corrected chi connectivity index (χ2v) is 6.83. The highest BCUT2D eigenvalue weighted by atomic mass is 19.1. The summed E-state index contributed by atoms with van der Waals surface area (Å²) < 4.78 is 19.0. The number of ether oxygens (including phenoxy) is 1. The van der Waals surface area contributed by atoms with E-state index in [4.69, 9.17) is 4.74 Å². The molecule has 1 aliphatic heterocycles. The monoisotopic (exact) mass is 399 g/mol. The summed E-state index contributed by atoms with van der Waals surface area (Å²) in [5.74, 6) is -1.48. The predicted molar refractivity (Wildman–Crippen MR) is 106 cm³/mol. The maximum atomic E-state index is 14.0. The van der Waals surface area contributed by atoms with Crippen LogP contribution >= 0.6 is 0 Å². The molecule has 2 aromatic carbocycles. The zero-order valence-corrected chi connectivity index (χ0v) is 16.2. The number of amides is 3. The number of methoxy groups -OCH3 is 1. The Bertz CT molecular complexity index is 916. The van der Waals surface area contributed by atoms with Crippen molar-refractivity contribution in [2.45, 2.75) is 6.42 Å². The third-order valence-corrected chi connectivity index (χ3v) is 4.75. The van der Waals surface area contributed by atoms with Crippen molar-refractivity contribution >= 4 is 29.1 Å². The zero-order valence-electron chi connectivity index (χ0n) is 16.2. The quantitative estimate of drug-likeness (QED) is 0.808. The van der Waals surface area contributed by atoms with Gasteiger partial charge in [0, 0.05) is 25.7 Å². The van der Waals surface area contributed by atoms with Gasteiger partial charge in [0.2, 0.25) is 17.7 Å². The van der Waals surface area contributed by atoms with Crippen LogP contribution in [0.25, 0.3) is 0 Å². The molecule has 3 rings (SSSR count). The molecule has 0 saturated carbocycles. The minimum Gasteiger partial charge on any atom is -0.497 e. The molecule has 1 heterocycles. The summed E-state index contributed by atoms with van der Waals surface area (Å²) in [5.41, 5.74) is 0.742. The van der Waals surface area contributed by atoms with E-state index in [-0.39, 0.29) is 42.9 Å². The normalized spacial score (nSPS) is 15.9. The van der Waals surface area contributed by atoms with Crippen LogP contribution in [0.3, 0.4) is 0 Å². The highest BCUT2D eigenvalue weighted by Crippen LogP contribution is 2.28. The Morgan fingerprint density at radius 3 is 2.55 bits per heavy atom. The smallest absolute Gasteiger partial charge is 0.243 e. The summed E-state index contributed by atoms with van der Waals surface area (Å²) in [5, 5.41) is 2.71. The average molecular weight is 399 g/mol. The first-order chi connectivity index (χ1) is 13.9. The number of carbonyl (C=O) groups is 3. The summed E-state index contributed by atoms with van der Waals surface area (Å²) >= 11 is 0. The van der Waals surface area contributed by atoms with Crippen molar-refractivity contribution in [2.75, 3.05) is 37.5 Å². The molecule has 0 bridgehead atoms. The van der Waals surface area contributed by atoms with Crippen LogP contribution in [0.4, 0.5) is 15.8 Å². The van der Waals surface area contributed by atoms with Gasteiger partial charge >= 0.3 is 0 Å². The Morgan fingerprint density at radius 1 is 1.21 bits per heavy atom. The summed E-state index contributed by atoms with van der Waals surface area (Å²) in [4.78, 5) is 39.7. The lowest BCUT2D eigenvalue weighted by Crippen LogP contribution is -2.39. The number of likely N-dealkylation sites (N-methyl/N-ethyl adjacent to an activating group) is 1. The predicted octanol–water partition coefficient (Wildman–Crippen LogP) is 2.28. The van der Waals surface area contributed by atoms with Crippen molar-refractivity contribution in [2.24, 2.45) is 5.92 Å². The molecule has 0 aromatic heterocycles. The van der Waals surface area contributed by atoms with E-state index in [2.05, 4.69) is 5.32 Å². The first-order valence-corrected chi connectivity index (χ1v) is 9.13. The number of hydrogen-bond donors (Lipinski definition) is 1. The molecule has 0 unspecified atom stereocenters. The van der Waals surface area contributed by atoms with Gasteiger partial charge in [-0.05, 0) is 36.4 Å². The largest absolute Gasteiger partial charge is 0.497 e. The Balaban J connectivity index is 1.57. The van der Waals surface area contributed by atoms with Gasteiger partial charge in [-0.3, -0.25) is 14.4 Å². The van der Waals surface area contributed by atoms with Crippen molar-refractivity contribution in [3.05, 3.63) is 54.3 Å². The lowest BCUT2D eigenvalue weighted by atomic mass is 10.1. The fraction of sp³-hybridized carbons (Fsp3) is 0.286. The molecule has 1 atom stereocenters. The second kappa shape index (κ2) is 8.72. The van der Waals surface area contributed by atoms with Gasteiger partial charge in [-0.25, -0.2) is 4.39 Å². The molecule has 1 saturated heterocycles. The van der Waals surface area contributed by atoms with Crippen molar-refractivity contribution in [1.82, 2.24) is 4.90 Å². The lowest BCUT2D eigenvalue weighted by molar-refractivity contribution is -0.137. The van der Waals surface area contributed by atoms with Gasteiger partial charge in [0.05, 0.1) is 25.3 Å². The molecule has 1 fully saturated rings. The van der Waals surface area contributed by atoms with Crippen LogP contribution in [-0.2, 0) is 14.4 Å². The van der Waals surface area contributed by atoms with Gasteiger partial charge in [-0.2, -0.15) is 0 Å². The van der Waals surface area contributed by atoms with Crippen LogP contribution in [0.15, 0.2) is 48.5 Å². The van der Waals surface area contributed by atoms with Gasteiger partial charge in [0.1, 0.15) is 11.6 Å². The number of para-hydroxylation sites is 1. The van der Waals surface area contributed by atoms with Gasteiger partial charge in [0.15, 0.2) is 0 Å². The Labute approximate surface area is 168 Å². The molecular formula is C21H22FN3O4. The Morgan fingerprint density at radius 2 is 1.90 bits per heavy atom. The van der Waals surface area contributed by atoms with E-state index in [9.17, 15) is 18.8 Å². The van der Waals surface area contributed by atoms with Crippen LogP contribution in [-0.4, -0.2) is 49.9 Å². The minimum atomic E-state index is -0.624. The number of nitrogens with one attached hydrogen (secondary N) is 1. The van der Waals surface area contributed by atoms with Crippen LogP contribution in [0.1, 0.15) is 6.42 Å². The molecule has 0 aliphatic carbocycles. The van der Waals surface area contributed by atoms with Gasteiger partial charge in [-0.15, -0.1) is 0 Å². The summed E-state index contributed by atoms with van der Waals surface area (Å²) in [6, 6.07) is 12.8. The van der Waals surface area contributed by atoms with Gasteiger partial charge in [-0.1, -0.05) is 12.1 Å². The van der Waals surface area contributed by atoms with E-state index in [1.807, 2.05) is 0 Å². The second-order valence-electron chi connectivity index (χ2n) is 6.83. The van der Waals surface area contributed by atoms with E-state index >= 15 is 0 Å². The summed E-state index contributed by atoms with van der Waals surface area (Å²) in [6.07, 6.45) is -0.0163. The summed E-state index contributed by atoms with van der Waals surface area (Å²) in [6.45, 7) is -0.0711. The lowest BCUT2D eigenvalue weighted by Gasteiger charge is -2.21. The van der Waals surface area contributed by atoms with Crippen LogP contribution in [0.5, 0.6) is 5.75 Å². The topological polar surface area (TPSA) is 79.0 Å². The molecule has 0 radical (unpaired) electrons. The Kier molecular flexibility index (Phi) is 6.11. The van der Waals surface area contributed by atoms with Crippen LogP contribution in [0, 0.1) is 11.7 Å². The first-order valence-electron chi connectivity index (χ1n) is 9.13. The number of benzene rings is 2. The number of hydrogen-bond acceptors (Lipinski definition) is 4. The molecule has 2 aromatic rings. The number of rotatable bonds is 6. The standard InChI is InChI=1S/C21H22FN3O4/c1-24(13-19(26)23-15-7-9-16(29-2)10-8-15)21(28)14-11-20(27)25(12-14)18-6-4-3-5-17(18)22/h3-10,14H,11-13H2,1-2H3,(H,23,26)/t14-/m1/s1. The molecule has 29 heavy (non-hydrogen) atoms. The van der Waals surface area contributed by atoms with E-state index in [1.54, 1.807) is 37.4 Å². The fourth-order valence-electron chi connectivity index (χ4n) is 3.26. The van der Waals surface area contributed by atoms with E-state index < -0.39 is 11.7 Å². The zero-order chi connectivity index (χ0) is 21.0. The molecule has 7 nitrogen and oxygen atoms in total. The minimum absolute atomic E-state index is 0.0163. The Hall–Kier alpha value is -3.42. The molecule has 0 spiro atoms. The van der Waals surface area contributed by atoms with Crippen molar-refractivity contribution in [1.29, 1.82) is 0 Å². The van der Waals surface area contributed by atoms with Crippen molar-refractivity contribution in [3.63, 3.8) is 0 Å². The van der Waals surface area contributed by atoms with Crippen molar-refractivity contribution in [3.8, 4) is 5.75 Å². The number of carbonyl (C=O) groups excluding carboxylic acids is 3. The fourth-order valence-corrected chi connectivity index (χ4v) is 3.26. The summed E-state index contributed by atoms with van der Waals surface area (Å²) in [7, 11) is 3.06. The van der Waals surface area contributed by atoms with Crippen molar-refractivity contribution < 1.29 is 23.5 Å². The number of halogens is 1. The number of nitrogens with zero attached hydrogens (tertiary/aromatic N) is 2. The third-order valence-electron chi connectivity index (χ3n) is 4.75. The molecule has 1 N–H and O–H groups in total. The molecule has 152 valence electrons. The van der Waals surface area contributed by atoms with Crippen LogP contribution < -0.4 is 15.0 Å². The van der Waals surface area contributed by atoms with Gasteiger partial charge in [0.25, 0.3) is 0 Å². The molecule has 8 heteroatoms. The number of anilines is 2. The maximum Gasteiger partial charge on any atom is 0.243 e. The van der Waals surface area contributed by atoms with Crippen LogP contribution in [0.2, 0.25) is 0 Å². The molecule has 3 amide bonds. The first kappa shape index (κ1) is 20.3.